The molecule has 0 bridgehead atoms. The Kier molecular flexibility index (Phi) is 6.49. The van der Waals surface area contributed by atoms with E-state index in [-0.39, 0.29) is 4.90 Å². The van der Waals surface area contributed by atoms with Gasteiger partial charge in [0.1, 0.15) is 6.54 Å². The van der Waals surface area contributed by atoms with E-state index >= 15 is 0 Å². The van der Waals surface area contributed by atoms with Gasteiger partial charge in [-0.3, -0.25) is 9.10 Å². The van der Waals surface area contributed by atoms with Gasteiger partial charge in [0, 0.05) is 18.8 Å². The van der Waals surface area contributed by atoms with E-state index in [1.807, 2.05) is 13.0 Å². The standard InChI is InChI=1S/C20H25N3O5S2/c1-16-6-5-7-18(14-16)23(29(2,25)26)15-20(24)21-17-8-10-19(11-9-17)30(27,28)22-12-3-4-13-22/h5-11,14H,3-4,12-13,15H2,1-2H3,(H,21,24). The van der Waals surface area contributed by atoms with Gasteiger partial charge in [-0.15, -0.1) is 0 Å². The predicted molar refractivity (Wildman–Crippen MR) is 116 cm³/mol. The van der Waals surface area contributed by atoms with Crippen LogP contribution < -0.4 is 9.62 Å². The minimum atomic E-state index is -3.67. The number of hydrogen-bond donors (Lipinski definition) is 1. The number of aryl methyl sites for hydroxylation is 1. The van der Waals surface area contributed by atoms with Crippen molar-refractivity contribution >= 4 is 37.3 Å². The molecule has 0 aromatic heterocycles. The van der Waals surface area contributed by atoms with Gasteiger partial charge in [0.15, 0.2) is 0 Å². The number of nitrogens with zero attached hydrogens (tertiary/aromatic N) is 2. The number of hydrogen-bond acceptors (Lipinski definition) is 5. The molecule has 10 heteroatoms. The number of rotatable bonds is 7. The van der Waals surface area contributed by atoms with E-state index in [2.05, 4.69) is 5.32 Å². The Hall–Kier alpha value is -2.43. The number of anilines is 2. The van der Waals surface area contributed by atoms with Crippen molar-refractivity contribution in [3.63, 3.8) is 0 Å². The van der Waals surface area contributed by atoms with Gasteiger partial charge < -0.3 is 5.32 Å². The first-order valence-electron chi connectivity index (χ1n) is 9.52. The SMILES string of the molecule is Cc1cccc(N(CC(=O)Nc2ccc(S(=O)(=O)N3CCCC3)cc2)S(C)(=O)=O)c1. The van der Waals surface area contributed by atoms with E-state index in [9.17, 15) is 21.6 Å². The van der Waals surface area contributed by atoms with Crippen molar-refractivity contribution in [2.45, 2.75) is 24.7 Å². The van der Waals surface area contributed by atoms with Gasteiger partial charge >= 0.3 is 0 Å². The highest BCUT2D eigenvalue weighted by atomic mass is 32.2. The highest BCUT2D eigenvalue weighted by molar-refractivity contribution is 7.92. The second kappa shape index (κ2) is 8.75. The molecule has 8 nitrogen and oxygen atoms in total. The fourth-order valence-corrected chi connectivity index (χ4v) is 5.67. The van der Waals surface area contributed by atoms with Crippen LogP contribution >= 0.6 is 0 Å². The number of carbonyl (C=O) groups is 1. The fourth-order valence-electron chi connectivity index (χ4n) is 3.30. The molecule has 0 unspecified atom stereocenters. The van der Waals surface area contributed by atoms with E-state index in [4.69, 9.17) is 0 Å². The van der Waals surface area contributed by atoms with Gasteiger partial charge in [0.2, 0.25) is 26.0 Å². The Bertz CT molecular complexity index is 1120. The third kappa shape index (κ3) is 5.18. The molecule has 1 aliphatic heterocycles. The van der Waals surface area contributed by atoms with Gasteiger partial charge in [-0.1, -0.05) is 12.1 Å². The van der Waals surface area contributed by atoms with Crippen LogP contribution in [0.25, 0.3) is 0 Å². The van der Waals surface area contributed by atoms with Crippen LogP contribution in [0.2, 0.25) is 0 Å². The number of nitrogens with one attached hydrogen (secondary N) is 1. The van der Waals surface area contributed by atoms with Crippen LogP contribution in [0.15, 0.2) is 53.4 Å². The number of benzene rings is 2. The summed E-state index contributed by atoms with van der Waals surface area (Å²) in [6.07, 6.45) is 2.75. The van der Waals surface area contributed by atoms with Gasteiger partial charge in [-0.2, -0.15) is 4.31 Å². The Labute approximate surface area is 177 Å². The molecule has 2 aromatic carbocycles. The molecule has 2 aromatic rings. The van der Waals surface area contributed by atoms with Crippen molar-refractivity contribution in [2.75, 3.05) is 35.5 Å². The lowest BCUT2D eigenvalue weighted by Crippen LogP contribution is -2.37. The Morgan fingerprint density at radius 2 is 1.67 bits per heavy atom. The van der Waals surface area contributed by atoms with E-state index in [1.54, 1.807) is 18.2 Å². The predicted octanol–water partition coefficient (Wildman–Crippen LogP) is 2.18. The summed E-state index contributed by atoms with van der Waals surface area (Å²) in [6.45, 7) is 2.47. The second-order valence-corrected chi connectivity index (χ2v) is 11.1. The molecule has 30 heavy (non-hydrogen) atoms. The molecule has 162 valence electrons. The molecule has 1 heterocycles. The lowest BCUT2D eigenvalue weighted by molar-refractivity contribution is -0.114. The molecule has 0 spiro atoms. The molecule has 1 aliphatic rings. The topological polar surface area (TPSA) is 104 Å². The summed E-state index contributed by atoms with van der Waals surface area (Å²) in [4.78, 5) is 12.6. The maximum absolute atomic E-state index is 12.6. The van der Waals surface area contributed by atoms with Crippen molar-refractivity contribution in [3.8, 4) is 0 Å². The second-order valence-electron chi connectivity index (χ2n) is 7.29. The van der Waals surface area contributed by atoms with Crippen molar-refractivity contribution < 1.29 is 21.6 Å². The van der Waals surface area contributed by atoms with Gasteiger partial charge in [-0.25, -0.2) is 16.8 Å². The van der Waals surface area contributed by atoms with Gasteiger partial charge in [0.05, 0.1) is 16.8 Å². The third-order valence-electron chi connectivity index (χ3n) is 4.82. The fraction of sp³-hybridized carbons (Fsp3) is 0.350. The Balaban J connectivity index is 1.72. The van der Waals surface area contributed by atoms with E-state index < -0.39 is 32.5 Å². The average molecular weight is 452 g/mol. The van der Waals surface area contributed by atoms with Gasteiger partial charge in [0.25, 0.3) is 0 Å². The number of sulfonamides is 2. The quantitative estimate of drug-likeness (QED) is 0.695. The van der Waals surface area contributed by atoms with Crippen LogP contribution in [0, 0.1) is 6.92 Å². The van der Waals surface area contributed by atoms with E-state index in [1.165, 1.54) is 28.6 Å². The summed E-state index contributed by atoms with van der Waals surface area (Å²) < 4.78 is 52.0. The monoisotopic (exact) mass is 451 g/mol. The van der Waals surface area contributed by atoms with Crippen molar-refractivity contribution in [3.05, 3.63) is 54.1 Å². The summed E-state index contributed by atoms with van der Waals surface area (Å²) in [6, 6.07) is 12.8. The number of amides is 1. The Morgan fingerprint density at radius 3 is 2.23 bits per heavy atom. The molecule has 1 amide bonds. The minimum absolute atomic E-state index is 0.167. The lowest BCUT2D eigenvalue weighted by Gasteiger charge is -2.22. The molecular weight excluding hydrogens is 426 g/mol. The highest BCUT2D eigenvalue weighted by Crippen LogP contribution is 2.23. The van der Waals surface area contributed by atoms with E-state index in [0.717, 1.165) is 29.0 Å². The summed E-state index contributed by atoms with van der Waals surface area (Å²) in [7, 11) is -7.20. The zero-order valence-electron chi connectivity index (χ0n) is 16.9. The third-order valence-corrected chi connectivity index (χ3v) is 7.87. The minimum Gasteiger partial charge on any atom is -0.325 e. The first-order chi connectivity index (χ1) is 14.1. The molecule has 0 aliphatic carbocycles. The first-order valence-corrected chi connectivity index (χ1v) is 12.8. The molecule has 1 fully saturated rings. The molecule has 1 saturated heterocycles. The van der Waals surface area contributed by atoms with Gasteiger partial charge in [-0.05, 0) is 61.7 Å². The maximum Gasteiger partial charge on any atom is 0.245 e. The maximum atomic E-state index is 12.6. The van der Waals surface area contributed by atoms with Crippen molar-refractivity contribution in [1.29, 1.82) is 0 Å². The molecular formula is C20H25N3O5S2. The first kappa shape index (κ1) is 22.3. The largest absolute Gasteiger partial charge is 0.325 e. The van der Waals surface area contributed by atoms with Crippen LogP contribution in [0.4, 0.5) is 11.4 Å². The summed E-state index contributed by atoms with van der Waals surface area (Å²) in [5, 5.41) is 2.62. The highest BCUT2D eigenvalue weighted by Gasteiger charge is 2.27. The Morgan fingerprint density at radius 1 is 1.03 bits per heavy atom. The molecule has 3 rings (SSSR count). The van der Waals surface area contributed by atoms with Crippen LogP contribution in [0.5, 0.6) is 0 Å². The molecule has 0 radical (unpaired) electrons. The van der Waals surface area contributed by atoms with Crippen molar-refractivity contribution in [1.82, 2.24) is 4.31 Å². The van der Waals surface area contributed by atoms with Crippen LogP contribution in [-0.4, -0.2) is 52.9 Å². The van der Waals surface area contributed by atoms with E-state index in [0.29, 0.717) is 24.5 Å². The molecule has 1 N–H and O–H groups in total. The summed E-state index contributed by atoms with van der Waals surface area (Å²) in [5.74, 6) is -0.530. The summed E-state index contributed by atoms with van der Waals surface area (Å²) in [5.41, 5.74) is 1.66. The lowest BCUT2D eigenvalue weighted by atomic mass is 10.2. The van der Waals surface area contributed by atoms with Crippen LogP contribution in [-0.2, 0) is 24.8 Å². The zero-order chi connectivity index (χ0) is 21.9. The smallest absolute Gasteiger partial charge is 0.245 e. The normalized spacial score (nSPS) is 15.1. The summed E-state index contributed by atoms with van der Waals surface area (Å²) >= 11 is 0. The van der Waals surface area contributed by atoms with Crippen LogP contribution in [0.1, 0.15) is 18.4 Å². The average Bonchev–Trinajstić information content (AvgIpc) is 3.21. The number of carbonyl (C=O) groups excluding carboxylic acids is 1. The molecule has 0 atom stereocenters. The molecule has 0 saturated carbocycles. The zero-order valence-corrected chi connectivity index (χ0v) is 18.5. The van der Waals surface area contributed by atoms with Crippen molar-refractivity contribution in [2.24, 2.45) is 0 Å². The van der Waals surface area contributed by atoms with Crippen LogP contribution in [0.3, 0.4) is 0 Å².